The van der Waals surface area contributed by atoms with Crippen LogP contribution in [0, 0.1) is 17.3 Å². The largest absolute Gasteiger partial charge is 0.389 e. The van der Waals surface area contributed by atoms with Crippen LogP contribution in [0.5, 0.6) is 0 Å². The van der Waals surface area contributed by atoms with Gasteiger partial charge in [-0.15, -0.1) is 0 Å². The van der Waals surface area contributed by atoms with Gasteiger partial charge >= 0.3 is 0 Å². The molecule has 0 unspecified atom stereocenters. The summed E-state index contributed by atoms with van der Waals surface area (Å²) >= 11 is 0. The topological polar surface area (TPSA) is 40.5 Å². The lowest BCUT2D eigenvalue weighted by Crippen LogP contribution is -2.48. The lowest BCUT2D eigenvalue weighted by atomic mass is 9.49. The predicted octanol–water partition coefficient (Wildman–Crippen LogP) is 4.39. The molecule has 2 rings (SSSR count). The maximum absolute atomic E-state index is 10.3. The van der Waals surface area contributed by atoms with Gasteiger partial charge < -0.3 is 10.2 Å². The number of hydrogen-bond donors (Lipinski definition) is 2. The van der Waals surface area contributed by atoms with Crippen molar-refractivity contribution in [1.29, 1.82) is 0 Å². The maximum atomic E-state index is 10.3. The zero-order valence-electron chi connectivity index (χ0n) is 14.4. The molecule has 5 atom stereocenters. The highest BCUT2D eigenvalue weighted by molar-refractivity contribution is 5.18. The normalized spacial score (nSPS) is 37.2. The molecule has 2 heteroatoms. The van der Waals surface area contributed by atoms with E-state index in [-0.39, 0.29) is 17.6 Å². The number of aliphatic hydroxyl groups excluding tert-OH is 2. The number of hydrogen-bond acceptors (Lipinski definition) is 2. The van der Waals surface area contributed by atoms with Gasteiger partial charge in [-0.05, 0) is 75.2 Å². The van der Waals surface area contributed by atoms with Crippen LogP contribution in [0.4, 0.5) is 0 Å². The van der Waals surface area contributed by atoms with E-state index in [0.29, 0.717) is 11.8 Å². The smallest absolute Gasteiger partial charge is 0.0750 e. The average Bonchev–Trinajstić information content (AvgIpc) is 2.43. The Balaban J connectivity index is 2.09. The van der Waals surface area contributed by atoms with Crippen molar-refractivity contribution in [2.45, 2.75) is 71.5 Å². The molecule has 0 aromatic rings. The van der Waals surface area contributed by atoms with Gasteiger partial charge in [0.1, 0.15) is 0 Å². The lowest BCUT2D eigenvalue weighted by Gasteiger charge is -2.55. The first-order valence-electron chi connectivity index (χ1n) is 8.59. The van der Waals surface area contributed by atoms with Crippen molar-refractivity contribution in [3.8, 4) is 0 Å². The van der Waals surface area contributed by atoms with Gasteiger partial charge in [0.15, 0.2) is 0 Å². The Morgan fingerprint density at radius 1 is 1.27 bits per heavy atom. The van der Waals surface area contributed by atoms with Gasteiger partial charge in [-0.1, -0.05) is 37.3 Å². The standard InChI is InChI=1S/C20H32O2/c1-13(2)10-16(21)11-20(5)12-17-14(3)7-9-19(22)15(4)6-8-18(17)20/h10,16-19,21-22H,3-4,6-9,11-12H2,1-2,5H3/t16-,17+,18+,19-,20+/m0/s1. The molecule has 2 aliphatic carbocycles. The summed E-state index contributed by atoms with van der Waals surface area (Å²) in [6.07, 6.45) is 6.77. The van der Waals surface area contributed by atoms with E-state index >= 15 is 0 Å². The molecule has 0 saturated heterocycles. The minimum Gasteiger partial charge on any atom is -0.389 e. The fourth-order valence-corrected chi connectivity index (χ4v) is 4.48. The second-order valence-corrected chi connectivity index (χ2v) is 8.00. The van der Waals surface area contributed by atoms with Gasteiger partial charge in [0.05, 0.1) is 12.2 Å². The Bertz CT molecular complexity index is 472. The van der Waals surface area contributed by atoms with Crippen molar-refractivity contribution in [1.82, 2.24) is 0 Å². The maximum Gasteiger partial charge on any atom is 0.0750 e. The third-order valence-corrected chi connectivity index (χ3v) is 5.78. The van der Waals surface area contributed by atoms with Crippen LogP contribution >= 0.6 is 0 Å². The Kier molecular flexibility index (Phi) is 5.34. The van der Waals surface area contributed by atoms with Crippen molar-refractivity contribution in [2.24, 2.45) is 17.3 Å². The molecular formula is C20H32O2. The van der Waals surface area contributed by atoms with Crippen LogP contribution in [-0.2, 0) is 0 Å². The van der Waals surface area contributed by atoms with Gasteiger partial charge in [-0.25, -0.2) is 0 Å². The van der Waals surface area contributed by atoms with Crippen LogP contribution in [0.3, 0.4) is 0 Å². The first-order valence-corrected chi connectivity index (χ1v) is 8.59. The van der Waals surface area contributed by atoms with Crippen LogP contribution in [0.15, 0.2) is 36.0 Å². The van der Waals surface area contributed by atoms with Gasteiger partial charge in [-0.2, -0.15) is 0 Å². The molecule has 2 N–H and O–H groups in total. The van der Waals surface area contributed by atoms with Crippen LogP contribution in [0.1, 0.15) is 59.3 Å². The summed E-state index contributed by atoms with van der Waals surface area (Å²) < 4.78 is 0. The zero-order chi connectivity index (χ0) is 16.5. The molecule has 0 radical (unpaired) electrons. The molecule has 124 valence electrons. The monoisotopic (exact) mass is 304 g/mol. The molecule has 2 fully saturated rings. The summed E-state index contributed by atoms with van der Waals surface area (Å²) in [5, 5.41) is 20.4. The molecule has 2 aliphatic rings. The second kappa shape index (κ2) is 6.72. The summed E-state index contributed by atoms with van der Waals surface area (Å²) in [5.41, 5.74) is 3.59. The molecule has 0 aromatic heterocycles. The SMILES string of the molecule is C=C1CC[C@H](O)C(=C)CC[C@@H]2[C@@H]1C[C@@]2(C)C[C@@H](O)C=C(C)C. The van der Waals surface area contributed by atoms with Crippen molar-refractivity contribution in [3.05, 3.63) is 36.0 Å². The molecule has 0 heterocycles. The molecule has 0 bridgehead atoms. The summed E-state index contributed by atoms with van der Waals surface area (Å²) in [5.74, 6) is 1.12. The predicted molar refractivity (Wildman–Crippen MR) is 92.5 cm³/mol. The molecule has 2 saturated carbocycles. The minimum atomic E-state index is -0.378. The Hall–Kier alpha value is -0.860. The molecule has 0 spiro atoms. The van der Waals surface area contributed by atoms with E-state index in [2.05, 4.69) is 20.1 Å². The molecular weight excluding hydrogens is 272 g/mol. The Morgan fingerprint density at radius 2 is 1.91 bits per heavy atom. The number of allylic oxidation sites excluding steroid dienone is 2. The fourth-order valence-electron chi connectivity index (χ4n) is 4.48. The van der Waals surface area contributed by atoms with Crippen molar-refractivity contribution >= 4 is 0 Å². The fraction of sp³-hybridized carbons (Fsp3) is 0.700. The molecule has 0 aromatic carbocycles. The van der Waals surface area contributed by atoms with E-state index in [4.69, 9.17) is 0 Å². The van der Waals surface area contributed by atoms with E-state index in [1.165, 1.54) is 11.1 Å². The number of aliphatic hydroxyl groups is 2. The van der Waals surface area contributed by atoms with E-state index in [1.807, 2.05) is 19.9 Å². The summed E-state index contributed by atoms with van der Waals surface area (Å²) in [7, 11) is 0. The summed E-state index contributed by atoms with van der Waals surface area (Å²) in [6, 6.07) is 0. The summed E-state index contributed by atoms with van der Waals surface area (Å²) in [4.78, 5) is 0. The van der Waals surface area contributed by atoms with Crippen molar-refractivity contribution < 1.29 is 10.2 Å². The number of fused-ring (bicyclic) bond motifs is 1. The average molecular weight is 304 g/mol. The molecule has 0 aliphatic heterocycles. The molecule has 22 heavy (non-hydrogen) atoms. The van der Waals surface area contributed by atoms with E-state index < -0.39 is 0 Å². The Labute approximate surface area is 135 Å². The van der Waals surface area contributed by atoms with Crippen molar-refractivity contribution in [3.63, 3.8) is 0 Å². The minimum absolute atomic E-state index is 0.175. The van der Waals surface area contributed by atoms with Crippen molar-refractivity contribution in [2.75, 3.05) is 0 Å². The van der Waals surface area contributed by atoms with Crippen LogP contribution in [0.25, 0.3) is 0 Å². The van der Waals surface area contributed by atoms with E-state index in [1.54, 1.807) is 0 Å². The van der Waals surface area contributed by atoms with E-state index in [0.717, 1.165) is 44.1 Å². The number of rotatable bonds is 3. The van der Waals surface area contributed by atoms with Gasteiger partial charge in [-0.3, -0.25) is 0 Å². The quantitative estimate of drug-likeness (QED) is 0.759. The lowest BCUT2D eigenvalue weighted by molar-refractivity contribution is -0.0436. The van der Waals surface area contributed by atoms with Gasteiger partial charge in [0.2, 0.25) is 0 Å². The highest BCUT2D eigenvalue weighted by Gasteiger charge is 2.51. The first-order chi connectivity index (χ1) is 10.2. The van der Waals surface area contributed by atoms with E-state index in [9.17, 15) is 10.2 Å². The van der Waals surface area contributed by atoms with Crippen LogP contribution in [0.2, 0.25) is 0 Å². The third kappa shape index (κ3) is 3.72. The molecule has 2 nitrogen and oxygen atoms in total. The first kappa shape index (κ1) is 17.5. The van der Waals surface area contributed by atoms with Crippen LogP contribution in [-0.4, -0.2) is 22.4 Å². The van der Waals surface area contributed by atoms with Gasteiger partial charge in [0.25, 0.3) is 0 Å². The summed E-state index contributed by atoms with van der Waals surface area (Å²) in [6.45, 7) is 14.7. The highest BCUT2D eigenvalue weighted by atomic mass is 16.3. The highest BCUT2D eigenvalue weighted by Crippen LogP contribution is 2.59. The van der Waals surface area contributed by atoms with Crippen LogP contribution < -0.4 is 0 Å². The Morgan fingerprint density at radius 3 is 2.55 bits per heavy atom. The third-order valence-electron chi connectivity index (χ3n) is 5.78. The molecule has 0 amide bonds. The van der Waals surface area contributed by atoms with Gasteiger partial charge in [0, 0.05) is 0 Å². The second-order valence-electron chi connectivity index (χ2n) is 8.00. The zero-order valence-corrected chi connectivity index (χ0v) is 14.4.